The van der Waals surface area contributed by atoms with Crippen molar-refractivity contribution in [1.82, 2.24) is 0 Å². The molecule has 0 atom stereocenters. The van der Waals surface area contributed by atoms with E-state index in [-0.39, 0.29) is 12.0 Å². The van der Waals surface area contributed by atoms with Crippen LogP contribution in [0.25, 0.3) is 0 Å². The molecule has 0 unspecified atom stereocenters. The highest BCUT2D eigenvalue weighted by Crippen LogP contribution is 2.26. The van der Waals surface area contributed by atoms with Crippen LogP contribution in [0.5, 0.6) is 0 Å². The Kier molecular flexibility index (Phi) is 5.20. The average Bonchev–Trinajstić information content (AvgIpc) is 2.25. The van der Waals surface area contributed by atoms with Crippen LogP contribution in [-0.2, 0) is 9.53 Å². The molecule has 1 saturated carbocycles. The SMILES string of the molecule is CC#CCCOC1CCC(C(=O)O)CC1. The molecule has 0 aliphatic heterocycles. The minimum Gasteiger partial charge on any atom is -0.481 e. The van der Waals surface area contributed by atoms with E-state index in [0.717, 1.165) is 32.1 Å². The highest BCUT2D eigenvalue weighted by atomic mass is 16.5. The second-order valence-corrected chi connectivity index (χ2v) is 3.86. The van der Waals surface area contributed by atoms with Gasteiger partial charge in [-0.3, -0.25) is 4.79 Å². The van der Waals surface area contributed by atoms with Crippen LogP contribution in [0.15, 0.2) is 0 Å². The van der Waals surface area contributed by atoms with Crippen molar-refractivity contribution in [2.75, 3.05) is 6.61 Å². The van der Waals surface area contributed by atoms with E-state index in [4.69, 9.17) is 9.84 Å². The second kappa shape index (κ2) is 6.47. The molecule has 0 spiro atoms. The zero-order chi connectivity index (χ0) is 11.1. The minimum absolute atomic E-state index is 0.153. The van der Waals surface area contributed by atoms with Crippen molar-refractivity contribution in [3.63, 3.8) is 0 Å². The second-order valence-electron chi connectivity index (χ2n) is 3.86. The highest BCUT2D eigenvalue weighted by molar-refractivity contribution is 5.70. The van der Waals surface area contributed by atoms with E-state index in [1.807, 2.05) is 6.92 Å². The van der Waals surface area contributed by atoms with E-state index in [9.17, 15) is 4.79 Å². The number of carbonyl (C=O) groups is 1. The highest BCUT2D eigenvalue weighted by Gasteiger charge is 2.25. The van der Waals surface area contributed by atoms with E-state index in [1.54, 1.807) is 0 Å². The van der Waals surface area contributed by atoms with Gasteiger partial charge in [0.05, 0.1) is 18.6 Å². The molecule has 0 aromatic rings. The van der Waals surface area contributed by atoms with Crippen LogP contribution >= 0.6 is 0 Å². The number of hydrogen-bond donors (Lipinski definition) is 1. The fraction of sp³-hybridized carbons (Fsp3) is 0.750. The van der Waals surface area contributed by atoms with Gasteiger partial charge in [0.2, 0.25) is 0 Å². The molecule has 0 heterocycles. The molecule has 0 aromatic heterocycles. The Morgan fingerprint density at radius 2 is 2.07 bits per heavy atom. The predicted octanol–water partition coefficient (Wildman–Crippen LogP) is 2.06. The van der Waals surface area contributed by atoms with E-state index in [1.165, 1.54) is 0 Å². The Morgan fingerprint density at radius 3 is 2.60 bits per heavy atom. The smallest absolute Gasteiger partial charge is 0.306 e. The molecule has 3 nitrogen and oxygen atoms in total. The van der Waals surface area contributed by atoms with Gasteiger partial charge in [-0.15, -0.1) is 11.8 Å². The number of aliphatic carboxylic acids is 1. The summed E-state index contributed by atoms with van der Waals surface area (Å²) < 4.78 is 5.62. The first-order valence-electron chi connectivity index (χ1n) is 5.48. The monoisotopic (exact) mass is 210 g/mol. The summed E-state index contributed by atoms with van der Waals surface area (Å²) in [5.41, 5.74) is 0. The first kappa shape index (κ1) is 12.1. The fourth-order valence-electron chi connectivity index (χ4n) is 1.88. The van der Waals surface area contributed by atoms with Crippen molar-refractivity contribution in [3.8, 4) is 11.8 Å². The zero-order valence-corrected chi connectivity index (χ0v) is 9.16. The van der Waals surface area contributed by atoms with Gasteiger partial charge < -0.3 is 9.84 Å². The van der Waals surface area contributed by atoms with Gasteiger partial charge >= 0.3 is 5.97 Å². The van der Waals surface area contributed by atoms with Crippen LogP contribution in [0.2, 0.25) is 0 Å². The third-order valence-corrected chi connectivity index (χ3v) is 2.78. The van der Waals surface area contributed by atoms with E-state index >= 15 is 0 Å². The third kappa shape index (κ3) is 4.35. The zero-order valence-electron chi connectivity index (χ0n) is 9.16. The molecule has 1 aliphatic carbocycles. The van der Waals surface area contributed by atoms with Crippen molar-refractivity contribution < 1.29 is 14.6 Å². The average molecular weight is 210 g/mol. The van der Waals surface area contributed by atoms with E-state index in [0.29, 0.717) is 6.61 Å². The van der Waals surface area contributed by atoms with Crippen molar-refractivity contribution in [1.29, 1.82) is 0 Å². The Labute approximate surface area is 90.8 Å². The maximum atomic E-state index is 10.7. The Bertz CT molecular complexity index is 254. The summed E-state index contributed by atoms with van der Waals surface area (Å²) >= 11 is 0. The summed E-state index contributed by atoms with van der Waals surface area (Å²) in [5, 5.41) is 8.81. The predicted molar refractivity (Wildman–Crippen MR) is 57.4 cm³/mol. The van der Waals surface area contributed by atoms with Crippen LogP contribution in [0.3, 0.4) is 0 Å². The molecule has 0 aromatic carbocycles. The molecule has 3 heteroatoms. The van der Waals surface area contributed by atoms with Crippen LogP contribution in [0.1, 0.15) is 39.0 Å². The standard InChI is InChI=1S/C12H18O3/c1-2-3-4-9-15-11-7-5-10(6-8-11)12(13)14/h10-11H,4-9H2,1H3,(H,13,14). The Hall–Kier alpha value is -1.01. The molecule has 0 bridgehead atoms. The van der Waals surface area contributed by atoms with Gasteiger partial charge in [-0.2, -0.15) is 0 Å². The number of carboxylic acid groups (broad SMARTS) is 1. The van der Waals surface area contributed by atoms with Crippen molar-refractivity contribution in [2.24, 2.45) is 5.92 Å². The number of hydrogen-bond acceptors (Lipinski definition) is 2. The molecule has 0 radical (unpaired) electrons. The summed E-state index contributed by atoms with van der Waals surface area (Å²) in [6.45, 7) is 2.49. The van der Waals surface area contributed by atoms with E-state index < -0.39 is 5.97 Å². The topological polar surface area (TPSA) is 46.5 Å². The first-order valence-corrected chi connectivity index (χ1v) is 5.48. The van der Waals surface area contributed by atoms with Crippen LogP contribution in [0.4, 0.5) is 0 Å². The lowest BCUT2D eigenvalue weighted by atomic mass is 9.87. The van der Waals surface area contributed by atoms with Gasteiger partial charge in [0.15, 0.2) is 0 Å². The van der Waals surface area contributed by atoms with Crippen molar-refractivity contribution in [3.05, 3.63) is 0 Å². The molecule has 0 amide bonds. The summed E-state index contributed by atoms with van der Waals surface area (Å²) in [6, 6.07) is 0. The molecule has 0 saturated heterocycles. The largest absolute Gasteiger partial charge is 0.481 e. The first-order chi connectivity index (χ1) is 7.24. The van der Waals surface area contributed by atoms with Crippen LogP contribution in [-0.4, -0.2) is 23.8 Å². The van der Waals surface area contributed by atoms with Gasteiger partial charge in [-0.1, -0.05) is 0 Å². The number of carboxylic acids is 1. The molecule has 1 aliphatic rings. The van der Waals surface area contributed by atoms with Gasteiger partial charge in [-0.25, -0.2) is 0 Å². The normalized spacial score (nSPS) is 25.4. The summed E-state index contributed by atoms with van der Waals surface area (Å²) in [7, 11) is 0. The van der Waals surface area contributed by atoms with Gasteiger partial charge in [-0.05, 0) is 32.6 Å². The van der Waals surface area contributed by atoms with Gasteiger partial charge in [0.25, 0.3) is 0 Å². The van der Waals surface area contributed by atoms with E-state index in [2.05, 4.69) is 11.8 Å². The van der Waals surface area contributed by atoms with Crippen molar-refractivity contribution >= 4 is 5.97 Å². The maximum Gasteiger partial charge on any atom is 0.306 e. The number of rotatable bonds is 4. The summed E-state index contributed by atoms with van der Waals surface area (Å²) in [5.74, 6) is 4.95. The quantitative estimate of drug-likeness (QED) is 0.570. The molecular formula is C12H18O3. The third-order valence-electron chi connectivity index (χ3n) is 2.78. The molecule has 1 fully saturated rings. The molecule has 1 N–H and O–H groups in total. The van der Waals surface area contributed by atoms with Crippen LogP contribution < -0.4 is 0 Å². The van der Waals surface area contributed by atoms with Gasteiger partial charge in [0, 0.05) is 6.42 Å². The summed E-state index contributed by atoms with van der Waals surface area (Å²) in [4.78, 5) is 10.7. The Balaban J connectivity index is 2.13. The fourth-order valence-corrected chi connectivity index (χ4v) is 1.88. The Morgan fingerprint density at radius 1 is 1.40 bits per heavy atom. The summed E-state index contributed by atoms with van der Waals surface area (Å²) in [6.07, 6.45) is 4.26. The molecular weight excluding hydrogens is 192 g/mol. The minimum atomic E-state index is -0.662. The lowest BCUT2D eigenvalue weighted by Crippen LogP contribution is -2.26. The lowest BCUT2D eigenvalue weighted by Gasteiger charge is -2.25. The molecule has 15 heavy (non-hydrogen) atoms. The van der Waals surface area contributed by atoms with Crippen LogP contribution in [0, 0.1) is 17.8 Å². The molecule has 84 valence electrons. The number of ether oxygens (including phenoxy) is 1. The van der Waals surface area contributed by atoms with Gasteiger partial charge in [0.1, 0.15) is 0 Å². The van der Waals surface area contributed by atoms with Crippen molar-refractivity contribution in [2.45, 2.75) is 45.1 Å². The maximum absolute atomic E-state index is 10.7. The molecule has 1 rings (SSSR count). The lowest BCUT2D eigenvalue weighted by molar-refractivity contribution is -0.143.